The average Bonchev–Trinajstić information content (AvgIpc) is 2.96. The molecule has 2 rings (SSSR count). The number of ether oxygens (including phenoxy) is 1. The van der Waals surface area contributed by atoms with Crippen LogP contribution in [0.15, 0.2) is 30.6 Å². The molecule has 0 aliphatic heterocycles. The standard InChI is InChI=1S/C13H15N5O/c1-19-12-4-3-11(10-14)13(9-12)15-5-2-7-18-8-6-16-17-18/h3-4,6,8-9,15H,2,5,7H2,1H3. The van der Waals surface area contributed by atoms with Gasteiger partial charge in [0, 0.05) is 25.4 Å². The number of nitrogens with one attached hydrogen (secondary N) is 1. The summed E-state index contributed by atoms with van der Waals surface area (Å²) in [4.78, 5) is 0. The Kier molecular flexibility index (Phi) is 4.34. The predicted octanol–water partition coefficient (Wildman–Crippen LogP) is 1.66. The van der Waals surface area contributed by atoms with Crippen LogP contribution in [0.2, 0.25) is 0 Å². The minimum absolute atomic E-state index is 0.613. The van der Waals surface area contributed by atoms with Crippen molar-refractivity contribution in [1.29, 1.82) is 5.26 Å². The Bertz CT molecular complexity index is 559. The van der Waals surface area contributed by atoms with Crippen molar-refractivity contribution in [3.8, 4) is 11.8 Å². The molecule has 1 aromatic heterocycles. The van der Waals surface area contributed by atoms with Crippen LogP contribution in [0.4, 0.5) is 5.69 Å². The summed E-state index contributed by atoms with van der Waals surface area (Å²) < 4.78 is 6.92. The fourth-order valence-corrected chi connectivity index (χ4v) is 1.71. The highest BCUT2D eigenvalue weighted by Gasteiger charge is 2.03. The lowest BCUT2D eigenvalue weighted by molar-refractivity contribution is 0.415. The molecule has 2 aromatic rings. The largest absolute Gasteiger partial charge is 0.497 e. The zero-order valence-corrected chi connectivity index (χ0v) is 10.7. The highest BCUT2D eigenvalue weighted by molar-refractivity contribution is 5.60. The van der Waals surface area contributed by atoms with Gasteiger partial charge in [0.15, 0.2) is 0 Å². The summed E-state index contributed by atoms with van der Waals surface area (Å²) in [5.74, 6) is 0.734. The minimum Gasteiger partial charge on any atom is -0.497 e. The zero-order chi connectivity index (χ0) is 13.5. The predicted molar refractivity (Wildman–Crippen MR) is 70.8 cm³/mol. The Hall–Kier alpha value is -2.55. The lowest BCUT2D eigenvalue weighted by Gasteiger charge is -2.09. The molecule has 0 amide bonds. The first-order chi connectivity index (χ1) is 9.33. The summed E-state index contributed by atoms with van der Waals surface area (Å²) in [6, 6.07) is 7.51. The van der Waals surface area contributed by atoms with E-state index in [0.29, 0.717) is 5.56 Å². The molecular weight excluding hydrogens is 242 g/mol. The number of hydrogen-bond acceptors (Lipinski definition) is 5. The molecule has 0 fully saturated rings. The molecule has 1 aromatic carbocycles. The molecule has 98 valence electrons. The van der Waals surface area contributed by atoms with Crippen molar-refractivity contribution < 1.29 is 4.74 Å². The van der Waals surface area contributed by atoms with Crippen molar-refractivity contribution in [2.24, 2.45) is 0 Å². The maximum Gasteiger partial charge on any atom is 0.121 e. The maximum atomic E-state index is 9.04. The van der Waals surface area contributed by atoms with Gasteiger partial charge in [-0.3, -0.25) is 4.68 Å². The molecule has 1 N–H and O–H groups in total. The molecule has 0 aliphatic rings. The van der Waals surface area contributed by atoms with Crippen LogP contribution in [0.1, 0.15) is 12.0 Å². The van der Waals surface area contributed by atoms with Gasteiger partial charge in [-0.05, 0) is 18.6 Å². The van der Waals surface area contributed by atoms with Crippen LogP contribution in [0, 0.1) is 11.3 Å². The van der Waals surface area contributed by atoms with Gasteiger partial charge in [-0.1, -0.05) is 5.21 Å². The lowest BCUT2D eigenvalue weighted by Crippen LogP contribution is -2.08. The Morgan fingerprint density at radius 1 is 1.47 bits per heavy atom. The summed E-state index contributed by atoms with van der Waals surface area (Å²) in [5.41, 5.74) is 1.40. The van der Waals surface area contributed by atoms with E-state index >= 15 is 0 Å². The van der Waals surface area contributed by atoms with Crippen molar-refractivity contribution in [2.75, 3.05) is 19.0 Å². The SMILES string of the molecule is COc1ccc(C#N)c(NCCCn2ccnn2)c1. The third-order valence-corrected chi connectivity index (χ3v) is 2.70. The third kappa shape index (κ3) is 3.45. The molecule has 19 heavy (non-hydrogen) atoms. The van der Waals surface area contributed by atoms with Crippen molar-refractivity contribution >= 4 is 5.69 Å². The first-order valence-corrected chi connectivity index (χ1v) is 5.99. The molecule has 1 heterocycles. The molecule has 0 bridgehead atoms. The van der Waals surface area contributed by atoms with E-state index in [1.807, 2.05) is 12.3 Å². The summed E-state index contributed by atoms with van der Waals surface area (Å²) in [5, 5.41) is 19.9. The van der Waals surface area contributed by atoms with Gasteiger partial charge in [0.2, 0.25) is 0 Å². The number of rotatable bonds is 6. The van der Waals surface area contributed by atoms with Crippen LogP contribution in [-0.4, -0.2) is 28.6 Å². The molecule has 0 atom stereocenters. The van der Waals surface area contributed by atoms with E-state index in [9.17, 15) is 0 Å². The Balaban J connectivity index is 1.89. The summed E-state index contributed by atoms with van der Waals surface area (Å²) in [7, 11) is 1.61. The summed E-state index contributed by atoms with van der Waals surface area (Å²) >= 11 is 0. The van der Waals surface area contributed by atoms with Gasteiger partial charge < -0.3 is 10.1 Å². The number of aromatic nitrogens is 3. The molecule has 0 saturated heterocycles. The van der Waals surface area contributed by atoms with Crippen LogP contribution >= 0.6 is 0 Å². The van der Waals surface area contributed by atoms with E-state index in [-0.39, 0.29) is 0 Å². The number of methoxy groups -OCH3 is 1. The van der Waals surface area contributed by atoms with Gasteiger partial charge in [-0.2, -0.15) is 5.26 Å². The first-order valence-electron chi connectivity index (χ1n) is 5.99. The van der Waals surface area contributed by atoms with Gasteiger partial charge >= 0.3 is 0 Å². The first kappa shape index (κ1) is 12.9. The molecule has 6 heteroatoms. The normalized spacial score (nSPS) is 9.89. The van der Waals surface area contributed by atoms with Crippen molar-refractivity contribution in [1.82, 2.24) is 15.0 Å². The topological polar surface area (TPSA) is 75.8 Å². The van der Waals surface area contributed by atoms with Gasteiger partial charge in [0.05, 0.1) is 24.6 Å². The van der Waals surface area contributed by atoms with E-state index in [0.717, 1.165) is 30.9 Å². The summed E-state index contributed by atoms with van der Waals surface area (Å²) in [6.07, 6.45) is 4.38. The number of anilines is 1. The maximum absolute atomic E-state index is 9.04. The highest BCUT2D eigenvalue weighted by atomic mass is 16.5. The van der Waals surface area contributed by atoms with Crippen molar-refractivity contribution in [3.63, 3.8) is 0 Å². The Labute approximate surface area is 111 Å². The van der Waals surface area contributed by atoms with Gasteiger partial charge in [-0.15, -0.1) is 5.10 Å². The second-order valence-corrected chi connectivity index (χ2v) is 3.97. The third-order valence-electron chi connectivity index (χ3n) is 2.70. The molecule has 0 spiro atoms. The van der Waals surface area contributed by atoms with Crippen molar-refractivity contribution in [3.05, 3.63) is 36.2 Å². The molecular formula is C13H15N5O. The fraction of sp³-hybridized carbons (Fsp3) is 0.308. The zero-order valence-electron chi connectivity index (χ0n) is 10.7. The Morgan fingerprint density at radius 2 is 2.37 bits per heavy atom. The van der Waals surface area contributed by atoms with Gasteiger partial charge in [0.25, 0.3) is 0 Å². The Morgan fingerprint density at radius 3 is 3.05 bits per heavy atom. The fourth-order valence-electron chi connectivity index (χ4n) is 1.71. The van der Waals surface area contributed by atoms with Gasteiger partial charge in [0.1, 0.15) is 11.8 Å². The molecule has 0 radical (unpaired) electrons. The minimum atomic E-state index is 0.613. The van der Waals surface area contributed by atoms with Crippen molar-refractivity contribution in [2.45, 2.75) is 13.0 Å². The second kappa shape index (κ2) is 6.40. The van der Waals surface area contributed by atoms with Crippen LogP contribution in [-0.2, 0) is 6.54 Å². The van der Waals surface area contributed by atoms with E-state index < -0.39 is 0 Å². The monoisotopic (exact) mass is 257 g/mol. The number of hydrogen-bond donors (Lipinski definition) is 1. The van der Waals surface area contributed by atoms with E-state index in [1.54, 1.807) is 30.1 Å². The van der Waals surface area contributed by atoms with Crippen LogP contribution in [0.5, 0.6) is 5.75 Å². The molecule has 0 saturated carbocycles. The molecule has 6 nitrogen and oxygen atoms in total. The average molecular weight is 257 g/mol. The van der Waals surface area contributed by atoms with Crippen LogP contribution in [0.3, 0.4) is 0 Å². The number of aryl methyl sites for hydroxylation is 1. The summed E-state index contributed by atoms with van der Waals surface area (Å²) in [6.45, 7) is 1.54. The number of benzene rings is 1. The molecule has 0 unspecified atom stereocenters. The van der Waals surface area contributed by atoms with Crippen LogP contribution < -0.4 is 10.1 Å². The van der Waals surface area contributed by atoms with E-state index in [1.165, 1.54) is 0 Å². The number of nitriles is 1. The molecule has 0 aliphatic carbocycles. The van der Waals surface area contributed by atoms with Gasteiger partial charge in [-0.25, -0.2) is 0 Å². The van der Waals surface area contributed by atoms with E-state index in [2.05, 4.69) is 21.7 Å². The van der Waals surface area contributed by atoms with Crippen LogP contribution in [0.25, 0.3) is 0 Å². The highest BCUT2D eigenvalue weighted by Crippen LogP contribution is 2.21. The lowest BCUT2D eigenvalue weighted by atomic mass is 10.2. The number of nitrogens with zero attached hydrogens (tertiary/aromatic N) is 4. The van der Waals surface area contributed by atoms with E-state index in [4.69, 9.17) is 10.00 Å². The second-order valence-electron chi connectivity index (χ2n) is 3.97. The smallest absolute Gasteiger partial charge is 0.121 e. The quantitative estimate of drug-likeness (QED) is 0.796.